The molecular weight excluding hydrogens is 186 g/mol. The Balaban J connectivity index is 2.84. The summed E-state index contributed by atoms with van der Waals surface area (Å²) in [6.07, 6.45) is 1.13. The van der Waals surface area contributed by atoms with Crippen LogP contribution in [0.5, 0.6) is 5.75 Å². The molecule has 0 spiro atoms. The van der Waals surface area contributed by atoms with Crippen LogP contribution in [0.3, 0.4) is 0 Å². The number of hydrogen-bond acceptors (Lipinski definition) is 2. The molecule has 1 aromatic rings. The SMILES string of the molecule is CCC(NC)C(C)c1cccc(OC)c1. The Kier molecular flexibility index (Phi) is 4.63. The summed E-state index contributed by atoms with van der Waals surface area (Å²) in [5, 5.41) is 3.35. The fraction of sp³-hybridized carbons (Fsp3) is 0.538. The van der Waals surface area contributed by atoms with Gasteiger partial charge < -0.3 is 10.1 Å². The van der Waals surface area contributed by atoms with Gasteiger partial charge in [-0.2, -0.15) is 0 Å². The van der Waals surface area contributed by atoms with Gasteiger partial charge in [0, 0.05) is 6.04 Å². The molecule has 2 atom stereocenters. The van der Waals surface area contributed by atoms with E-state index in [0.29, 0.717) is 12.0 Å². The van der Waals surface area contributed by atoms with E-state index in [1.165, 1.54) is 5.56 Å². The lowest BCUT2D eigenvalue weighted by Gasteiger charge is -2.22. The van der Waals surface area contributed by atoms with Gasteiger partial charge in [-0.15, -0.1) is 0 Å². The van der Waals surface area contributed by atoms with Crippen molar-refractivity contribution in [1.82, 2.24) is 5.32 Å². The highest BCUT2D eigenvalue weighted by Gasteiger charge is 2.15. The van der Waals surface area contributed by atoms with Gasteiger partial charge in [0.2, 0.25) is 0 Å². The Hall–Kier alpha value is -1.02. The van der Waals surface area contributed by atoms with Gasteiger partial charge in [-0.25, -0.2) is 0 Å². The number of rotatable bonds is 5. The minimum atomic E-state index is 0.509. The van der Waals surface area contributed by atoms with Crippen molar-refractivity contribution in [1.29, 1.82) is 0 Å². The quantitative estimate of drug-likeness (QED) is 0.801. The molecule has 84 valence electrons. The van der Waals surface area contributed by atoms with Gasteiger partial charge in [0.1, 0.15) is 5.75 Å². The lowest BCUT2D eigenvalue weighted by Crippen LogP contribution is -2.29. The van der Waals surface area contributed by atoms with Crippen LogP contribution in [0.4, 0.5) is 0 Å². The minimum absolute atomic E-state index is 0.509. The molecule has 0 aliphatic heterocycles. The molecule has 0 saturated carbocycles. The summed E-state index contributed by atoms with van der Waals surface area (Å²) in [5.74, 6) is 1.44. The number of ether oxygens (including phenoxy) is 1. The van der Waals surface area contributed by atoms with Crippen LogP contribution in [0.25, 0.3) is 0 Å². The maximum atomic E-state index is 5.23. The van der Waals surface area contributed by atoms with E-state index in [-0.39, 0.29) is 0 Å². The second-order valence-electron chi connectivity index (χ2n) is 3.87. The third-order valence-electron chi connectivity index (χ3n) is 3.03. The van der Waals surface area contributed by atoms with Crippen molar-refractivity contribution in [3.05, 3.63) is 29.8 Å². The zero-order valence-electron chi connectivity index (χ0n) is 10.1. The molecule has 0 bridgehead atoms. The average molecular weight is 207 g/mol. The molecule has 0 aromatic heterocycles. The summed E-state index contributed by atoms with van der Waals surface area (Å²) in [6.45, 7) is 4.46. The summed E-state index contributed by atoms with van der Waals surface area (Å²) in [6, 6.07) is 8.83. The lowest BCUT2D eigenvalue weighted by atomic mass is 9.92. The minimum Gasteiger partial charge on any atom is -0.497 e. The number of hydrogen-bond donors (Lipinski definition) is 1. The number of nitrogens with one attached hydrogen (secondary N) is 1. The zero-order valence-corrected chi connectivity index (χ0v) is 10.1. The summed E-state index contributed by atoms with van der Waals surface area (Å²) in [5.41, 5.74) is 1.33. The van der Waals surface area contributed by atoms with Gasteiger partial charge in [0.05, 0.1) is 7.11 Å². The molecule has 1 rings (SSSR count). The van der Waals surface area contributed by atoms with Crippen molar-refractivity contribution < 1.29 is 4.74 Å². The highest BCUT2D eigenvalue weighted by atomic mass is 16.5. The highest BCUT2D eigenvalue weighted by molar-refractivity contribution is 5.31. The van der Waals surface area contributed by atoms with Gasteiger partial charge in [0.25, 0.3) is 0 Å². The Morgan fingerprint density at radius 3 is 2.67 bits per heavy atom. The summed E-state index contributed by atoms with van der Waals surface area (Å²) >= 11 is 0. The van der Waals surface area contributed by atoms with Crippen LogP contribution in [-0.4, -0.2) is 20.2 Å². The summed E-state index contributed by atoms with van der Waals surface area (Å²) in [4.78, 5) is 0. The summed E-state index contributed by atoms with van der Waals surface area (Å²) < 4.78 is 5.23. The van der Waals surface area contributed by atoms with Crippen molar-refractivity contribution in [2.75, 3.05) is 14.2 Å². The average Bonchev–Trinajstić information content (AvgIpc) is 2.30. The van der Waals surface area contributed by atoms with Gasteiger partial charge in [-0.1, -0.05) is 26.0 Å². The smallest absolute Gasteiger partial charge is 0.119 e. The second kappa shape index (κ2) is 5.76. The first-order chi connectivity index (χ1) is 7.22. The molecule has 2 nitrogen and oxygen atoms in total. The van der Waals surface area contributed by atoms with Gasteiger partial charge in [0.15, 0.2) is 0 Å². The van der Waals surface area contributed by atoms with E-state index in [1.54, 1.807) is 7.11 Å². The third-order valence-corrected chi connectivity index (χ3v) is 3.03. The van der Waals surface area contributed by atoms with E-state index in [1.807, 2.05) is 19.2 Å². The predicted molar refractivity (Wildman–Crippen MR) is 64.5 cm³/mol. The van der Waals surface area contributed by atoms with Crippen LogP contribution >= 0.6 is 0 Å². The van der Waals surface area contributed by atoms with E-state index in [4.69, 9.17) is 4.74 Å². The maximum absolute atomic E-state index is 5.23. The first kappa shape index (κ1) is 12.1. The van der Waals surface area contributed by atoms with Crippen molar-refractivity contribution >= 4 is 0 Å². The molecule has 0 saturated heterocycles. The van der Waals surface area contributed by atoms with E-state index in [2.05, 4.69) is 31.3 Å². The Labute approximate surface area is 92.6 Å². The van der Waals surface area contributed by atoms with Gasteiger partial charge >= 0.3 is 0 Å². The first-order valence-corrected chi connectivity index (χ1v) is 5.54. The Morgan fingerprint density at radius 2 is 2.13 bits per heavy atom. The van der Waals surface area contributed by atoms with E-state index >= 15 is 0 Å². The third kappa shape index (κ3) is 2.96. The number of likely N-dealkylation sites (N-methyl/N-ethyl adjacent to an activating group) is 1. The highest BCUT2D eigenvalue weighted by Crippen LogP contribution is 2.24. The molecule has 0 radical (unpaired) electrons. The molecule has 1 N–H and O–H groups in total. The molecule has 1 aromatic carbocycles. The summed E-state index contributed by atoms with van der Waals surface area (Å²) in [7, 11) is 3.73. The maximum Gasteiger partial charge on any atom is 0.119 e. The van der Waals surface area contributed by atoms with Crippen LogP contribution < -0.4 is 10.1 Å². The van der Waals surface area contributed by atoms with Gasteiger partial charge in [-0.3, -0.25) is 0 Å². The molecule has 0 amide bonds. The Morgan fingerprint density at radius 1 is 1.40 bits per heavy atom. The van der Waals surface area contributed by atoms with Crippen LogP contribution in [0, 0.1) is 0 Å². The molecule has 0 fully saturated rings. The number of benzene rings is 1. The van der Waals surface area contributed by atoms with Crippen LogP contribution in [0.1, 0.15) is 31.7 Å². The van der Waals surface area contributed by atoms with Crippen LogP contribution in [0.15, 0.2) is 24.3 Å². The van der Waals surface area contributed by atoms with Gasteiger partial charge in [-0.05, 0) is 37.1 Å². The van der Waals surface area contributed by atoms with E-state index < -0.39 is 0 Å². The topological polar surface area (TPSA) is 21.3 Å². The van der Waals surface area contributed by atoms with Crippen LogP contribution in [-0.2, 0) is 0 Å². The second-order valence-corrected chi connectivity index (χ2v) is 3.87. The normalized spacial score (nSPS) is 14.7. The monoisotopic (exact) mass is 207 g/mol. The van der Waals surface area contributed by atoms with Crippen molar-refractivity contribution in [2.45, 2.75) is 32.2 Å². The predicted octanol–water partition coefficient (Wildman–Crippen LogP) is 2.80. The molecule has 0 heterocycles. The fourth-order valence-corrected chi connectivity index (χ4v) is 1.96. The molecule has 0 aliphatic carbocycles. The van der Waals surface area contributed by atoms with Crippen molar-refractivity contribution in [3.8, 4) is 5.75 Å². The van der Waals surface area contributed by atoms with Crippen LogP contribution in [0.2, 0.25) is 0 Å². The molecular formula is C13H21NO. The molecule has 2 heteroatoms. The van der Waals surface area contributed by atoms with Crippen molar-refractivity contribution in [2.24, 2.45) is 0 Å². The molecule has 0 aliphatic rings. The molecule has 15 heavy (non-hydrogen) atoms. The fourth-order valence-electron chi connectivity index (χ4n) is 1.96. The lowest BCUT2D eigenvalue weighted by molar-refractivity contribution is 0.412. The number of methoxy groups -OCH3 is 1. The van der Waals surface area contributed by atoms with E-state index in [9.17, 15) is 0 Å². The zero-order chi connectivity index (χ0) is 11.3. The Bertz CT molecular complexity index is 294. The van der Waals surface area contributed by atoms with Crippen molar-refractivity contribution in [3.63, 3.8) is 0 Å². The molecule has 2 unspecified atom stereocenters. The van der Waals surface area contributed by atoms with E-state index in [0.717, 1.165) is 12.2 Å². The standard InChI is InChI=1S/C13H21NO/c1-5-13(14-3)10(2)11-7-6-8-12(9-11)15-4/h6-10,13-14H,5H2,1-4H3. The largest absolute Gasteiger partial charge is 0.497 e. The first-order valence-electron chi connectivity index (χ1n) is 5.54.